The molecule has 2 unspecified atom stereocenters. The predicted octanol–water partition coefficient (Wildman–Crippen LogP) is 1.53. The quantitative estimate of drug-likeness (QED) is 0.866. The molecule has 0 spiro atoms. The van der Waals surface area contributed by atoms with Gasteiger partial charge in [-0.3, -0.25) is 9.69 Å². The Balaban J connectivity index is 1.75. The maximum atomic E-state index is 12.8. The molecule has 0 saturated carbocycles. The Morgan fingerprint density at radius 1 is 1.48 bits per heavy atom. The second kappa shape index (κ2) is 7.52. The maximum Gasteiger partial charge on any atom is 0.234 e. The monoisotopic (exact) mass is 294 g/mol. The number of benzene rings is 1. The summed E-state index contributed by atoms with van der Waals surface area (Å²) in [5.74, 6) is -0.0585. The van der Waals surface area contributed by atoms with Crippen molar-refractivity contribution >= 4 is 5.91 Å². The van der Waals surface area contributed by atoms with Gasteiger partial charge in [-0.05, 0) is 49.9 Å². The summed E-state index contributed by atoms with van der Waals surface area (Å²) >= 11 is 0. The van der Waals surface area contributed by atoms with Gasteiger partial charge in [0.05, 0.1) is 12.6 Å². The average Bonchev–Trinajstić information content (AvgIpc) is 2.47. The number of carbonyl (C=O) groups excluding carboxylic acids is 1. The van der Waals surface area contributed by atoms with Gasteiger partial charge in [-0.1, -0.05) is 12.1 Å². The van der Waals surface area contributed by atoms with Crippen molar-refractivity contribution in [3.8, 4) is 0 Å². The van der Waals surface area contributed by atoms with E-state index in [1.807, 2.05) is 6.92 Å². The molecule has 0 aliphatic carbocycles. The summed E-state index contributed by atoms with van der Waals surface area (Å²) < 4.78 is 12.8. The van der Waals surface area contributed by atoms with E-state index in [1.165, 1.54) is 12.1 Å². The smallest absolute Gasteiger partial charge is 0.234 e. The largest absolute Gasteiger partial charge is 0.393 e. The van der Waals surface area contributed by atoms with Gasteiger partial charge in [0.1, 0.15) is 5.82 Å². The number of amides is 1. The molecule has 2 atom stereocenters. The summed E-state index contributed by atoms with van der Waals surface area (Å²) in [5, 5.41) is 12.5. The van der Waals surface area contributed by atoms with Gasteiger partial charge in [0.25, 0.3) is 0 Å². The molecule has 0 aromatic heterocycles. The Bertz CT molecular complexity index is 462. The number of hydrogen-bond acceptors (Lipinski definition) is 3. The maximum absolute atomic E-state index is 12.8. The fraction of sp³-hybridized carbons (Fsp3) is 0.562. The van der Waals surface area contributed by atoms with Crippen molar-refractivity contribution in [2.45, 2.75) is 32.4 Å². The number of nitrogens with zero attached hydrogens (tertiary/aromatic N) is 1. The minimum absolute atomic E-state index is 0.0365. The molecule has 5 heteroatoms. The molecular weight excluding hydrogens is 271 g/mol. The molecule has 2 N–H and O–H groups in total. The second-order valence-corrected chi connectivity index (χ2v) is 5.78. The Morgan fingerprint density at radius 2 is 2.19 bits per heavy atom. The molecule has 1 aromatic rings. The molecule has 1 aromatic carbocycles. The van der Waals surface area contributed by atoms with E-state index < -0.39 is 0 Å². The van der Waals surface area contributed by atoms with Crippen LogP contribution in [0.1, 0.15) is 25.3 Å². The first-order chi connectivity index (χ1) is 10.0. The lowest BCUT2D eigenvalue weighted by Crippen LogP contribution is -2.44. The summed E-state index contributed by atoms with van der Waals surface area (Å²) in [7, 11) is 0. The van der Waals surface area contributed by atoms with E-state index in [9.17, 15) is 14.3 Å². The van der Waals surface area contributed by atoms with Crippen molar-refractivity contribution in [2.75, 3.05) is 19.6 Å². The van der Waals surface area contributed by atoms with Gasteiger partial charge in [-0.25, -0.2) is 4.39 Å². The van der Waals surface area contributed by atoms with Crippen LogP contribution in [-0.2, 0) is 11.3 Å². The predicted molar refractivity (Wildman–Crippen MR) is 79.1 cm³/mol. The van der Waals surface area contributed by atoms with Gasteiger partial charge in [0.15, 0.2) is 0 Å². The molecular formula is C16H23FN2O2. The van der Waals surface area contributed by atoms with Crippen LogP contribution in [0.4, 0.5) is 4.39 Å². The lowest BCUT2D eigenvalue weighted by atomic mass is 9.93. The molecule has 4 nitrogen and oxygen atoms in total. The Labute approximate surface area is 125 Å². The Kier molecular flexibility index (Phi) is 5.70. The standard InChI is InChI=1S/C16H23FN2O2/c1-12(20)14-3-2-8-19(10-14)11-16(21)18-9-13-4-6-15(17)7-5-13/h4-7,12,14,20H,2-3,8-11H2,1H3,(H,18,21). The Morgan fingerprint density at radius 3 is 2.86 bits per heavy atom. The van der Waals surface area contributed by atoms with E-state index in [-0.39, 0.29) is 23.7 Å². The van der Waals surface area contributed by atoms with E-state index in [0.29, 0.717) is 13.1 Å². The molecule has 1 fully saturated rings. The number of aliphatic hydroxyl groups excluding tert-OH is 1. The molecule has 0 radical (unpaired) electrons. The number of halogens is 1. The third-order valence-electron chi connectivity index (χ3n) is 3.99. The highest BCUT2D eigenvalue weighted by atomic mass is 19.1. The van der Waals surface area contributed by atoms with Crippen LogP contribution in [0.3, 0.4) is 0 Å². The van der Waals surface area contributed by atoms with E-state index in [2.05, 4.69) is 10.2 Å². The van der Waals surface area contributed by atoms with E-state index in [0.717, 1.165) is 31.5 Å². The molecule has 116 valence electrons. The van der Waals surface area contributed by atoms with Crippen molar-refractivity contribution < 1.29 is 14.3 Å². The van der Waals surface area contributed by atoms with E-state index >= 15 is 0 Å². The first-order valence-electron chi connectivity index (χ1n) is 7.46. The summed E-state index contributed by atoms with van der Waals surface area (Å²) in [6, 6.07) is 6.11. The fourth-order valence-corrected chi connectivity index (χ4v) is 2.69. The fourth-order valence-electron chi connectivity index (χ4n) is 2.69. The van der Waals surface area contributed by atoms with Crippen LogP contribution < -0.4 is 5.32 Å². The minimum Gasteiger partial charge on any atom is -0.393 e. The number of aliphatic hydroxyl groups is 1. The highest BCUT2D eigenvalue weighted by Crippen LogP contribution is 2.19. The van der Waals surface area contributed by atoms with Crippen LogP contribution in [-0.4, -0.2) is 41.7 Å². The van der Waals surface area contributed by atoms with Gasteiger partial charge >= 0.3 is 0 Å². The van der Waals surface area contributed by atoms with Crippen LogP contribution in [0.15, 0.2) is 24.3 Å². The van der Waals surface area contributed by atoms with E-state index in [1.54, 1.807) is 12.1 Å². The zero-order valence-electron chi connectivity index (χ0n) is 12.4. The summed E-state index contributed by atoms with van der Waals surface area (Å²) in [5.41, 5.74) is 0.880. The normalized spacial score (nSPS) is 21.0. The average molecular weight is 294 g/mol. The number of nitrogens with one attached hydrogen (secondary N) is 1. The molecule has 1 amide bonds. The van der Waals surface area contributed by atoms with Gasteiger partial charge in [0, 0.05) is 13.1 Å². The number of carbonyl (C=O) groups is 1. The number of piperidine rings is 1. The van der Waals surface area contributed by atoms with Gasteiger partial charge < -0.3 is 10.4 Å². The van der Waals surface area contributed by atoms with Crippen LogP contribution in [0, 0.1) is 11.7 Å². The zero-order valence-corrected chi connectivity index (χ0v) is 12.4. The lowest BCUT2D eigenvalue weighted by Gasteiger charge is -2.33. The zero-order chi connectivity index (χ0) is 15.2. The van der Waals surface area contributed by atoms with Crippen LogP contribution >= 0.6 is 0 Å². The van der Waals surface area contributed by atoms with Gasteiger partial charge in [0.2, 0.25) is 5.91 Å². The van der Waals surface area contributed by atoms with Gasteiger partial charge in [-0.15, -0.1) is 0 Å². The molecule has 1 heterocycles. The molecule has 1 saturated heterocycles. The molecule has 21 heavy (non-hydrogen) atoms. The summed E-state index contributed by atoms with van der Waals surface area (Å²) in [4.78, 5) is 14.0. The molecule has 1 aliphatic heterocycles. The van der Waals surface area contributed by atoms with Gasteiger partial charge in [-0.2, -0.15) is 0 Å². The highest BCUT2D eigenvalue weighted by molar-refractivity contribution is 5.78. The first-order valence-corrected chi connectivity index (χ1v) is 7.46. The number of likely N-dealkylation sites (tertiary alicyclic amines) is 1. The van der Waals surface area contributed by atoms with Crippen molar-refractivity contribution in [2.24, 2.45) is 5.92 Å². The second-order valence-electron chi connectivity index (χ2n) is 5.78. The minimum atomic E-state index is -0.324. The lowest BCUT2D eigenvalue weighted by molar-refractivity contribution is -0.123. The molecule has 0 bridgehead atoms. The number of hydrogen-bond donors (Lipinski definition) is 2. The molecule has 2 rings (SSSR count). The van der Waals surface area contributed by atoms with E-state index in [4.69, 9.17) is 0 Å². The van der Waals surface area contributed by atoms with Crippen LogP contribution in [0.2, 0.25) is 0 Å². The summed E-state index contributed by atoms with van der Waals surface area (Å²) in [6.45, 7) is 4.23. The highest BCUT2D eigenvalue weighted by Gasteiger charge is 2.24. The third kappa shape index (κ3) is 5.10. The third-order valence-corrected chi connectivity index (χ3v) is 3.99. The topological polar surface area (TPSA) is 52.6 Å². The first kappa shape index (κ1) is 15.9. The SMILES string of the molecule is CC(O)C1CCCN(CC(=O)NCc2ccc(F)cc2)C1. The Hall–Kier alpha value is -1.46. The number of rotatable bonds is 5. The van der Waals surface area contributed by atoms with Crippen molar-refractivity contribution in [3.63, 3.8) is 0 Å². The molecule has 1 aliphatic rings. The van der Waals surface area contributed by atoms with Crippen molar-refractivity contribution in [1.29, 1.82) is 0 Å². The van der Waals surface area contributed by atoms with Crippen LogP contribution in [0.25, 0.3) is 0 Å². The van der Waals surface area contributed by atoms with Crippen molar-refractivity contribution in [3.05, 3.63) is 35.6 Å². The van der Waals surface area contributed by atoms with Crippen molar-refractivity contribution in [1.82, 2.24) is 10.2 Å². The van der Waals surface area contributed by atoms with Crippen LogP contribution in [0.5, 0.6) is 0 Å². The summed E-state index contributed by atoms with van der Waals surface area (Å²) in [6.07, 6.45) is 1.71.